The number of carbonyl (C=O) groups excluding carboxylic acids is 3. The molecule has 0 amide bonds. The summed E-state index contributed by atoms with van der Waals surface area (Å²) in [7, 11) is 0. The fourth-order valence-electron chi connectivity index (χ4n) is 0.177. The van der Waals surface area contributed by atoms with Gasteiger partial charge in [-0.25, -0.2) is 0 Å². The molecule has 0 saturated heterocycles. The average Bonchev–Trinajstić information content (AvgIpc) is 1.90. The van der Waals surface area contributed by atoms with Gasteiger partial charge in [0.2, 0.25) is 0 Å². The molecule has 0 spiro atoms. The van der Waals surface area contributed by atoms with Gasteiger partial charge in [0.05, 0.1) is 0 Å². The van der Waals surface area contributed by atoms with Gasteiger partial charge in [0, 0.05) is 0 Å². The van der Waals surface area contributed by atoms with Gasteiger partial charge in [0.1, 0.15) is 0 Å². The quantitative estimate of drug-likeness (QED) is 0.363. The summed E-state index contributed by atoms with van der Waals surface area (Å²) in [6.45, 7) is 0. The molecule has 0 aliphatic rings. The third-order valence-corrected chi connectivity index (χ3v) is 2.62. The van der Waals surface area contributed by atoms with E-state index in [9.17, 15) is 14.4 Å². The molecule has 0 aromatic carbocycles. The Balaban J connectivity index is 4.39. The van der Waals surface area contributed by atoms with Crippen molar-refractivity contribution in [3.05, 3.63) is 0 Å². The van der Waals surface area contributed by atoms with Crippen molar-refractivity contribution in [1.29, 1.82) is 0 Å². The summed E-state index contributed by atoms with van der Waals surface area (Å²) in [5.74, 6) is 0. The normalized spacial score (nSPS) is 6.90. The first-order valence-electron chi connectivity index (χ1n) is 1.88. The molecule has 0 atom stereocenters. The van der Waals surface area contributed by atoms with E-state index in [1.165, 1.54) is 0 Å². The monoisotopic (exact) mass is 247 g/mol. The fraction of sp³-hybridized carbons (Fsp3) is 0. The van der Waals surface area contributed by atoms with Crippen LogP contribution in [0.15, 0.2) is 9.45 Å². The Morgan fingerprint density at radius 3 is 1.30 bits per heavy atom. The Morgan fingerprint density at radius 2 is 1.10 bits per heavy atom. The molecule has 0 radical (unpaired) electrons. The molecule has 0 bridgehead atoms. The van der Waals surface area contributed by atoms with Crippen LogP contribution in [0.1, 0.15) is 0 Å². The molecule has 0 N–H and O–H groups in total. The molecule has 0 heterocycles. The summed E-state index contributed by atoms with van der Waals surface area (Å²) in [4.78, 5) is 28.6. The van der Waals surface area contributed by atoms with Gasteiger partial charge in [-0.1, -0.05) is 0 Å². The maximum absolute atomic E-state index is 9.54. The first-order chi connectivity index (χ1) is 4.85. The topological polar surface area (TPSA) is 88.3 Å². The van der Waals surface area contributed by atoms with Gasteiger partial charge in [-0.2, -0.15) is 0 Å². The SMILES string of the molecule is O=C=[N][Sb]([N]=C=O)[N]=C=O. The zero-order valence-electron chi connectivity index (χ0n) is 4.51. The molecule has 7 heteroatoms. The van der Waals surface area contributed by atoms with Crippen molar-refractivity contribution >= 4 is 39.3 Å². The third-order valence-electron chi connectivity index (χ3n) is 0.391. The number of nitrogens with zero attached hydrogens (tertiary/aromatic N) is 3. The summed E-state index contributed by atoms with van der Waals surface area (Å²) >= 11 is -3.03. The standard InChI is InChI=1S/3CNO.Sb/c3*2-1-3;/q3*-1;+3. The predicted molar refractivity (Wildman–Crippen MR) is 30.1 cm³/mol. The second-order valence-corrected chi connectivity index (χ2v) is 4.09. The Hall–Kier alpha value is -1.04. The van der Waals surface area contributed by atoms with Gasteiger partial charge in [-0.15, -0.1) is 0 Å². The van der Waals surface area contributed by atoms with E-state index in [4.69, 9.17) is 0 Å². The molecule has 0 saturated carbocycles. The summed E-state index contributed by atoms with van der Waals surface area (Å²) in [5, 5.41) is 0. The van der Waals surface area contributed by atoms with Gasteiger partial charge in [-0.05, 0) is 0 Å². The van der Waals surface area contributed by atoms with Crippen LogP contribution >= 0.6 is 0 Å². The summed E-state index contributed by atoms with van der Waals surface area (Å²) in [6.07, 6.45) is 3.45. The molecule has 10 heavy (non-hydrogen) atoms. The van der Waals surface area contributed by atoms with E-state index < -0.39 is 21.0 Å². The third kappa shape index (κ3) is 3.90. The van der Waals surface area contributed by atoms with E-state index in [1.54, 1.807) is 0 Å². The van der Waals surface area contributed by atoms with E-state index in [1.807, 2.05) is 0 Å². The van der Waals surface area contributed by atoms with Crippen LogP contribution in [0.3, 0.4) is 0 Å². The number of rotatable bonds is 3. The van der Waals surface area contributed by atoms with Gasteiger partial charge < -0.3 is 0 Å². The Bertz CT molecular complexity index is 203. The molecule has 6 nitrogen and oxygen atoms in total. The van der Waals surface area contributed by atoms with Crippen molar-refractivity contribution in [2.75, 3.05) is 0 Å². The fourth-order valence-corrected chi connectivity index (χ4v) is 1.18. The van der Waals surface area contributed by atoms with E-state index in [2.05, 4.69) is 9.45 Å². The van der Waals surface area contributed by atoms with Crippen LogP contribution in [-0.4, -0.2) is 39.3 Å². The van der Waals surface area contributed by atoms with Crippen molar-refractivity contribution in [2.45, 2.75) is 0 Å². The van der Waals surface area contributed by atoms with Gasteiger partial charge in [0.25, 0.3) is 0 Å². The van der Waals surface area contributed by atoms with Crippen molar-refractivity contribution in [1.82, 2.24) is 0 Å². The molecule has 0 unspecified atom stereocenters. The van der Waals surface area contributed by atoms with Crippen LogP contribution in [0.25, 0.3) is 0 Å². The van der Waals surface area contributed by atoms with E-state index >= 15 is 0 Å². The van der Waals surface area contributed by atoms with E-state index in [0.717, 1.165) is 18.2 Å². The van der Waals surface area contributed by atoms with Crippen LogP contribution in [-0.2, 0) is 14.4 Å². The molecule has 0 aliphatic carbocycles. The zero-order valence-corrected chi connectivity index (χ0v) is 7.07. The van der Waals surface area contributed by atoms with Crippen LogP contribution in [0, 0.1) is 0 Å². The van der Waals surface area contributed by atoms with Crippen molar-refractivity contribution < 1.29 is 14.4 Å². The molecular formula is C3N3O3Sb. The molecular weight excluding hydrogens is 248 g/mol. The first kappa shape index (κ1) is 8.96. The van der Waals surface area contributed by atoms with Crippen molar-refractivity contribution in [3.63, 3.8) is 0 Å². The minimum absolute atomic E-state index is 1.15. The summed E-state index contributed by atoms with van der Waals surface area (Å²) in [5.41, 5.74) is 0. The first-order valence-corrected chi connectivity index (χ1v) is 5.31. The predicted octanol–water partition coefficient (Wildman–Crippen LogP) is -1.02. The number of hydrogen-bond donors (Lipinski definition) is 0. The summed E-state index contributed by atoms with van der Waals surface area (Å²) < 4.78 is 9.07. The minimum atomic E-state index is -3.03. The number of hydrogen-bond acceptors (Lipinski definition) is 6. The van der Waals surface area contributed by atoms with Crippen molar-refractivity contribution in [2.24, 2.45) is 9.45 Å². The molecule has 50 valence electrons. The zero-order chi connectivity index (χ0) is 7.82. The Labute approximate surface area is 63.4 Å². The van der Waals surface area contributed by atoms with Gasteiger partial charge in [0.15, 0.2) is 0 Å². The van der Waals surface area contributed by atoms with E-state index in [0.29, 0.717) is 0 Å². The molecule has 0 fully saturated rings. The number of isocyanates is 3. The van der Waals surface area contributed by atoms with E-state index in [-0.39, 0.29) is 0 Å². The van der Waals surface area contributed by atoms with Crippen molar-refractivity contribution in [3.8, 4) is 0 Å². The van der Waals surface area contributed by atoms with Crippen LogP contribution in [0.5, 0.6) is 0 Å². The molecule has 0 rings (SSSR count). The summed E-state index contributed by atoms with van der Waals surface area (Å²) in [6, 6.07) is 0. The van der Waals surface area contributed by atoms with Gasteiger partial charge in [-0.3, -0.25) is 0 Å². The second-order valence-electron chi connectivity index (χ2n) is 0.842. The molecule has 0 aromatic rings. The Morgan fingerprint density at radius 1 is 0.800 bits per heavy atom. The second kappa shape index (κ2) is 6.08. The van der Waals surface area contributed by atoms with Crippen LogP contribution in [0.2, 0.25) is 0 Å². The van der Waals surface area contributed by atoms with Gasteiger partial charge >= 0.3 is 63.1 Å². The van der Waals surface area contributed by atoms with Crippen LogP contribution in [0.4, 0.5) is 0 Å². The molecule has 0 aromatic heterocycles. The Kier molecular flexibility index (Phi) is 5.45. The van der Waals surface area contributed by atoms with Crippen LogP contribution < -0.4 is 0 Å². The maximum atomic E-state index is 9.54. The average molecular weight is 248 g/mol. The molecule has 0 aliphatic heterocycles.